The molecule has 1 aliphatic carbocycles. The highest BCUT2D eigenvalue weighted by molar-refractivity contribution is 6.03. The minimum atomic E-state index is -0.267. The molecule has 0 saturated heterocycles. The number of aryl methyl sites for hydroxylation is 2. The van der Waals surface area contributed by atoms with Gasteiger partial charge in [0.25, 0.3) is 5.91 Å². The van der Waals surface area contributed by atoms with Gasteiger partial charge >= 0.3 is 0 Å². The van der Waals surface area contributed by atoms with E-state index in [-0.39, 0.29) is 23.6 Å². The van der Waals surface area contributed by atoms with Crippen molar-refractivity contribution in [2.45, 2.75) is 32.6 Å². The predicted molar refractivity (Wildman–Crippen MR) is 108 cm³/mol. The Bertz CT molecular complexity index is 1040. The van der Waals surface area contributed by atoms with E-state index in [0.29, 0.717) is 29.7 Å². The molecule has 0 saturated carbocycles. The number of fused-ring (bicyclic) bond motifs is 1. The maximum Gasteiger partial charge on any atom is 0.258 e. The standard InChI is InChI=1S/C23H21N3O2/c1-14-3-7-16(8-4-14)18-11-20-19(21(27)12-18)13-24-23(25-20)26-22(28)17-9-5-15(2)6-10-17/h3-10,13,18H,11-12H2,1-2H3,(H,24,25,26,28)/t18-/m0/s1. The molecule has 0 unspecified atom stereocenters. The van der Waals surface area contributed by atoms with E-state index < -0.39 is 0 Å². The summed E-state index contributed by atoms with van der Waals surface area (Å²) in [6, 6.07) is 15.5. The molecule has 0 bridgehead atoms. The van der Waals surface area contributed by atoms with Crippen LogP contribution in [0.4, 0.5) is 5.95 Å². The summed E-state index contributed by atoms with van der Waals surface area (Å²) in [5.41, 5.74) is 5.19. The molecule has 1 amide bonds. The van der Waals surface area contributed by atoms with Crippen LogP contribution in [-0.4, -0.2) is 21.7 Å². The third-order valence-electron chi connectivity index (χ3n) is 5.13. The highest BCUT2D eigenvalue weighted by atomic mass is 16.1. The number of nitrogens with zero attached hydrogens (tertiary/aromatic N) is 2. The molecule has 2 aromatic carbocycles. The first-order valence-electron chi connectivity index (χ1n) is 9.33. The molecule has 0 fully saturated rings. The number of anilines is 1. The van der Waals surface area contributed by atoms with Crippen LogP contribution in [0.5, 0.6) is 0 Å². The van der Waals surface area contributed by atoms with E-state index in [1.165, 1.54) is 11.8 Å². The number of aromatic nitrogens is 2. The van der Waals surface area contributed by atoms with E-state index in [2.05, 4.69) is 39.6 Å². The van der Waals surface area contributed by atoms with Crippen molar-refractivity contribution in [2.24, 2.45) is 0 Å². The lowest BCUT2D eigenvalue weighted by molar-refractivity contribution is 0.0962. The Labute approximate surface area is 163 Å². The van der Waals surface area contributed by atoms with Crippen LogP contribution in [0.1, 0.15) is 55.4 Å². The summed E-state index contributed by atoms with van der Waals surface area (Å²) < 4.78 is 0. The Kier molecular flexibility index (Phi) is 4.74. The lowest BCUT2D eigenvalue weighted by Crippen LogP contribution is -2.22. The molecular weight excluding hydrogens is 350 g/mol. The molecule has 5 nitrogen and oxygen atoms in total. The predicted octanol–water partition coefficient (Wildman–Crippen LogP) is 4.26. The van der Waals surface area contributed by atoms with Crippen molar-refractivity contribution in [2.75, 3.05) is 5.32 Å². The summed E-state index contributed by atoms with van der Waals surface area (Å²) in [6.45, 7) is 4.01. The Morgan fingerprint density at radius 1 is 0.964 bits per heavy atom. The van der Waals surface area contributed by atoms with Crippen LogP contribution in [0.15, 0.2) is 54.7 Å². The Morgan fingerprint density at radius 2 is 1.61 bits per heavy atom. The zero-order valence-corrected chi connectivity index (χ0v) is 15.9. The molecule has 28 heavy (non-hydrogen) atoms. The van der Waals surface area contributed by atoms with Crippen LogP contribution < -0.4 is 5.32 Å². The molecule has 1 aliphatic rings. The average molecular weight is 371 g/mol. The number of hydrogen-bond acceptors (Lipinski definition) is 4. The molecule has 4 rings (SSSR count). The number of ketones is 1. The van der Waals surface area contributed by atoms with Gasteiger partial charge in [-0.25, -0.2) is 9.97 Å². The van der Waals surface area contributed by atoms with Crippen molar-refractivity contribution >= 4 is 17.6 Å². The molecule has 3 aromatic rings. The Morgan fingerprint density at radius 3 is 2.29 bits per heavy atom. The fourth-order valence-corrected chi connectivity index (χ4v) is 3.46. The number of rotatable bonds is 3. The third-order valence-corrected chi connectivity index (χ3v) is 5.13. The van der Waals surface area contributed by atoms with Gasteiger partial charge < -0.3 is 0 Å². The van der Waals surface area contributed by atoms with Crippen LogP contribution in [0.3, 0.4) is 0 Å². The van der Waals surface area contributed by atoms with Crippen LogP contribution in [0, 0.1) is 13.8 Å². The first-order valence-corrected chi connectivity index (χ1v) is 9.33. The van der Waals surface area contributed by atoms with Crippen molar-refractivity contribution in [1.82, 2.24) is 9.97 Å². The largest absolute Gasteiger partial charge is 0.294 e. The normalized spacial score (nSPS) is 15.8. The molecule has 1 aromatic heterocycles. The fraction of sp³-hybridized carbons (Fsp3) is 0.217. The molecule has 0 radical (unpaired) electrons. The molecular formula is C23H21N3O2. The van der Waals surface area contributed by atoms with Gasteiger partial charge in [-0.05, 0) is 43.9 Å². The summed E-state index contributed by atoms with van der Waals surface area (Å²) in [7, 11) is 0. The average Bonchev–Trinajstić information content (AvgIpc) is 2.68. The molecule has 0 spiro atoms. The van der Waals surface area contributed by atoms with Gasteiger partial charge in [0, 0.05) is 18.2 Å². The highest BCUT2D eigenvalue weighted by Crippen LogP contribution is 2.32. The number of hydrogen-bond donors (Lipinski definition) is 1. The van der Waals surface area contributed by atoms with Gasteiger partial charge in [0.15, 0.2) is 5.78 Å². The number of Topliss-reactive ketones (excluding diaryl/α,β-unsaturated/α-hetero) is 1. The monoisotopic (exact) mass is 371 g/mol. The van der Waals surface area contributed by atoms with E-state index in [4.69, 9.17) is 0 Å². The van der Waals surface area contributed by atoms with E-state index in [1.54, 1.807) is 12.1 Å². The molecule has 1 atom stereocenters. The molecule has 1 heterocycles. The van der Waals surface area contributed by atoms with Crippen molar-refractivity contribution in [3.63, 3.8) is 0 Å². The number of carbonyl (C=O) groups is 2. The van der Waals surface area contributed by atoms with Gasteiger partial charge in [0.2, 0.25) is 5.95 Å². The van der Waals surface area contributed by atoms with Crippen LogP contribution in [0.25, 0.3) is 0 Å². The lowest BCUT2D eigenvalue weighted by atomic mass is 9.82. The van der Waals surface area contributed by atoms with E-state index in [0.717, 1.165) is 11.1 Å². The van der Waals surface area contributed by atoms with Crippen LogP contribution in [-0.2, 0) is 6.42 Å². The molecule has 0 aliphatic heterocycles. The topological polar surface area (TPSA) is 72.0 Å². The van der Waals surface area contributed by atoms with Gasteiger partial charge in [-0.1, -0.05) is 47.5 Å². The summed E-state index contributed by atoms with van der Waals surface area (Å²) in [6.07, 6.45) is 2.63. The van der Waals surface area contributed by atoms with E-state index in [1.807, 2.05) is 26.0 Å². The highest BCUT2D eigenvalue weighted by Gasteiger charge is 2.28. The second kappa shape index (κ2) is 7.35. The Balaban J connectivity index is 1.56. The van der Waals surface area contributed by atoms with Gasteiger partial charge in [-0.3, -0.25) is 14.9 Å². The number of amides is 1. The number of carbonyl (C=O) groups excluding carboxylic acids is 2. The maximum absolute atomic E-state index is 12.6. The first-order chi connectivity index (χ1) is 13.5. The first kappa shape index (κ1) is 18.0. The Hall–Kier alpha value is -3.34. The van der Waals surface area contributed by atoms with E-state index in [9.17, 15) is 9.59 Å². The smallest absolute Gasteiger partial charge is 0.258 e. The van der Waals surface area contributed by atoms with Gasteiger partial charge in [-0.15, -0.1) is 0 Å². The second-order valence-electron chi connectivity index (χ2n) is 7.31. The second-order valence-corrected chi connectivity index (χ2v) is 7.31. The summed E-state index contributed by atoms with van der Waals surface area (Å²) in [5.74, 6) is 0.0956. The fourth-order valence-electron chi connectivity index (χ4n) is 3.46. The summed E-state index contributed by atoms with van der Waals surface area (Å²) in [4.78, 5) is 33.6. The van der Waals surface area contributed by atoms with Crippen molar-refractivity contribution in [3.8, 4) is 0 Å². The van der Waals surface area contributed by atoms with Crippen LogP contribution >= 0.6 is 0 Å². The van der Waals surface area contributed by atoms with Crippen LogP contribution in [0.2, 0.25) is 0 Å². The summed E-state index contributed by atoms with van der Waals surface area (Å²) >= 11 is 0. The molecule has 140 valence electrons. The van der Waals surface area contributed by atoms with Crippen molar-refractivity contribution in [1.29, 1.82) is 0 Å². The van der Waals surface area contributed by atoms with Gasteiger partial charge in [0.1, 0.15) is 0 Å². The molecule has 1 N–H and O–H groups in total. The van der Waals surface area contributed by atoms with Gasteiger partial charge in [0.05, 0.1) is 11.3 Å². The molecule has 5 heteroatoms. The van der Waals surface area contributed by atoms with E-state index >= 15 is 0 Å². The maximum atomic E-state index is 12.6. The van der Waals surface area contributed by atoms with Gasteiger partial charge in [-0.2, -0.15) is 0 Å². The zero-order chi connectivity index (χ0) is 19.7. The third kappa shape index (κ3) is 3.69. The minimum Gasteiger partial charge on any atom is -0.294 e. The lowest BCUT2D eigenvalue weighted by Gasteiger charge is -2.23. The van der Waals surface area contributed by atoms with Crippen molar-refractivity contribution in [3.05, 3.63) is 88.2 Å². The zero-order valence-electron chi connectivity index (χ0n) is 15.9. The number of benzene rings is 2. The summed E-state index contributed by atoms with van der Waals surface area (Å²) in [5, 5.41) is 2.73. The van der Waals surface area contributed by atoms with Crippen molar-refractivity contribution < 1.29 is 9.59 Å². The quantitative estimate of drug-likeness (QED) is 0.747. The minimum absolute atomic E-state index is 0.0447. The number of nitrogens with one attached hydrogen (secondary N) is 1. The SMILES string of the molecule is Cc1ccc(C(=O)Nc2ncc3c(n2)C[C@H](c2ccc(C)cc2)CC3=O)cc1.